The second-order valence-corrected chi connectivity index (χ2v) is 4.36. The molecule has 3 heteroatoms. The van der Waals surface area contributed by atoms with E-state index in [4.69, 9.17) is 5.26 Å². The van der Waals surface area contributed by atoms with Crippen molar-refractivity contribution in [1.29, 1.82) is 5.26 Å². The van der Waals surface area contributed by atoms with Crippen LogP contribution in [0.2, 0.25) is 0 Å². The van der Waals surface area contributed by atoms with Crippen LogP contribution in [0.5, 0.6) is 0 Å². The lowest BCUT2D eigenvalue weighted by Crippen LogP contribution is -2.33. The molecule has 0 N–H and O–H groups in total. The first-order valence-electron chi connectivity index (χ1n) is 5.90. The Labute approximate surface area is 96.7 Å². The average molecular weight is 215 g/mol. The van der Waals surface area contributed by atoms with Gasteiger partial charge in [0.25, 0.3) is 0 Å². The topological polar surface area (TPSA) is 39.9 Å². The summed E-state index contributed by atoms with van der Waals surface area (Å²) >= 11 is 0. The molecular formula is C13H17N3. The summed E-state index contributed by atoms with van der Waals surface area (Å²) in [5, 5.41) is 8.87. The minimum atomic E-state index is 0.535. The predicted molar refractivity (Wildman–Crippen MR) is 62.5 cm³/mol. The quantitative estimate of drug-likeness (QED) is 0.724. The summed E-state index contributed by atoms with van der Waals surface area (Å²) in [5.41, 5.74) is 1.25. The average Bonchev–Trinajstić information content (AvgIpc) is 2.83. The number of rotatable bonds is 4. The van der Waals surface area contributed by atoms with Crippen molar-refractivity contribution >= 4 is 0 Å². The normalized spacial score (nSPS) is 16.5. The van der Waals surface area contributed by atoms with Crippen molar-refractivity contribution in [3.63, 3.8) is 0 Å². The maximum absolute atomic E-state index is 8.87. The van der Waals surface area contributed by atoms with Gasteiger partial charge < -0.3 is 0 Å². The first kappa shape index (κ1) is 11.1. The molecule has 1 saturated carbocycles. The van der Waals surface area contributed by atoms with Gasteiger partial charge >= 0.3 is 0 Å². The lowest BCUT2D eigenvalue weighted by molar-refractivity contribution is 0.214. The van der Waals surface area contributed by atoms with Gasteiger partial charge in [-0.05, 0) is 30.5 Å². The summed E-state index contributed by atoms with van der Waals surface area (Å²) in [4.78, 5) is 6.31. The maximum atomic E-state index is 8.87. The molecule has 1 fully saturated rings. The molecule has 0 atom stereocenters. The van der Waals surface area contributed by atoms with E-state index >= 15 is 0 Å². The fourth-order valence-electron chi connectivity index (χ4n) is 2.40. The van der Waals surface area contributed by atoms with Crippen molar-refractivity contribution in [1.82, 2.24) is 9.88 Å². The van der Waals surface area contributed by atoms with Gasteiger partial charge in [0.1, 0.15) is 0 Å². The molecule has 1 aromatic rings. The van der Waals surface area contributed by atoms with Gasteiger partial charge in [0.15, 0.2) is 0 Å². The summed E-state index contributed by atoms with van der Waals surface area (Å²) < 4.78 is 0. The van der Waals surface area contributed by atoms with Crippen LogP contribution in [-0.2, 0) is 6.54 Å². The van der Waals surface area contributed by atoms with E-state index in [1.165, 1.54) is 31.2 Å². The molecule has 0 radical (unpaired) electrons. The Morgan fingerprint density at radius 1 is 1.31 bits per heavy atom. The molecule has 0 aromatic carbocycles. The largest absolute Gasteiger partial charge is 0.283 e. The Kier molecular flexibility index (Phi) is 3.90. The molecule has 1 aromatic heterocycles. The van der Waals surface area contributed by atoms with Crippen LogP contribution in [0.3, 0.4) is 0 Å². The summed E-state index contributed by atoms with van der Waals surface area (Å²) in [6.45, 7) is 1.41. The number of nitrogens with zero attached hydrogens (tertiary/aromatic N) is 3. The Balaban J connectivity index is 2.00. The van der Waals surface area contributed by atoms with Gasteiger partial charge in [-0.25, -0.2) is 0 Å². The highest BCUT2D eigenvalue weighted by Gasteiger charge is 2.22. The zero-order valence-corrected chi connectivity index (χ0v) is 9.47. The SMILES string of the molecule is N#CCN(Cc1ccncc1)C1CCCC1. The Bertz CT molecular complexity index is 349. The van der Waals surface area contributed by atoms with E-state index in [1.807, 2.05) is 24.5 Å². The molecule has 1 aliphatic carbocycles. The van der Waals surface area contributed by atoms with E-state index < -0.39 is 0 Å². The first-order valence-corrected chi connectivity index (χ1v) is 5.90. The van der Waals surface area contributed by atoms with E-state index in [9.17, 15) is 0 Å². The number of hydrogen-bond donors (Lipinski definition) is 0. The van der Waals surface area contributed by atoms with Gasteiger partial charge in [-0.2, -0.15) is 5.26 Å². The highest BCUT2D eigenvalue weighted by atomic mass is 15.2. The Morgan fingerprint density at radius 3 is 2.62 bits per heavy atom. The molecule has 1 heterocycles. The fourth-order valence-corrected chi connectivity index (χ4v) is 2.40. The number of hydrogen-bond acceptors (Lipinski definition) is 3. The molecule has 0 bridgehead atoms. The summed E-state index contributed by atoms with van der Waals surface area (Å²) in [5.74, 6) is 0. The third-order valence-electron chi connectivity index (χ3n) is 3.25. The lowest BCUT2D eigenvalue weighted by Gasteiger charge is -2.26. The smallest absolute Gasteiger partial charge is 0.0871 e. The zero-order chi connectivity index (χ0) is 11.2. The van der Waals surface area contributed by atoms with E-state index in [0.29, 0.717) is 12.6 Å². The third kappa shape index (κ3) is 2.80. The number of nitriles is 1. The number of aromatic nitrogens is 1. The van der Waals surface area contributed by atoms with Crippen molar-refractivity contribution < 1.29 is 0 Å². The van der Waals surface area contributed by atoms with Crippen molar-refractivity contribution in [3.8, 4) is 6.07 Å². The van der Waals surface area contributed by atoms with Crippen LogP contribution in [0.15, 0.2) is 24.5 Å². The minimum absolute atomic E-state index is 0.535. The van der Waals surface area contributed by atoms with Crippen molar-refractivity contribution in [2.75, 3.05) is 6.54 Å². The van der Waals surface area contributed by atoms with Crippen LogP contribution in [0.25, 0.3) is 0 Å². The zero-order valence-electron chi connectivity index (χ0n) is 9.47. The molecule has 2 rings (SSSR count). The minimum Gasteiger partial charge on any atom is -0.283 e. The molecule has 1 aliphatic rings. The maximum Gasteiger partial charge on any atom is 0.0871 e. The highest BCUT2D eigenvalue weighted by molar-refractivity contribution is 5.10. The predicted octanol–water partition coefficient (Wildman–Crippen LogP) is 2.35. The monoisotopic (exact) mass is 215 g/mol. The Morgan fingerprint density at radius 2 is 2.00 bits per heavy atom. The standard InChI is InChI=1S/C13H17N3/c14-7-10-16(13-3-1-2-4-13)11-12-5-8-15-9-6-12/h5-6,8-9,13H,1-4,10-11H2. The van der Waals surface area contributed by atoms with E-state index in [2.05, 4.69) is 16.0 Å². The molecule has 0 unspecified atom stereocenters. The highest BCUT2D eigenvalue weighted by Crippen LogP contribution is 2.24. The van der Waals surface area contributed by atoms with E-state index in [-0.39, 0.29) is 0 Å². The summed E-state index contributed by atoms with van der Waals surface area (Å²) in [6.07, 6.45) is 8.73. The van der Waals surface area contributed by atoms with Crippen LogP contribution in [0.1, 0.15) is 31.2 Å². The molecule has 0 spiro atoms. The van der Waals surface area contributed by atoms with Crippen LogP contribution in [0.4, 0.5) is 0 Å². The van der Waals surface area contributed by atoms with Gasteiger partial charge in [-0.1, -0.05) is 12.8 Å². The fraction of sp³-hybridized carbons (Fsp3) is 0.538. The summed E-state index contributed by atoms with van der Waals surface area (Å²) in [7, 11) is 0. The first-order chi connectivity index (χ1) is 7.90. The van der Waals surface area contributed by atoms with Gasteiger partial charge in [-0.15, -0.1) is 0 Å². The number of pyridine rings is 1. The van der Waals surface area contributed by atoms with Crippen molar-refractivity contribution in [2.45, 2.75) is 38.3 Å². The van der Waals surface area contributed by atoms with Gasteiger partial charge in [-0.3, -0.25) is 9.88 Å². The van der Waals surface area contributed by atoms with Gasteiger partial charge in [0.2, 0.25) is 0 Å². The third-order valence-corrected chi connectivity index (χ3v) is 3.25. The van der Waals surface area contributed by atoms with Crippen molar-refractivity contribution in [2.24, 2.45) is 0 Å². The lowest BCUT2D eigenvalue weighted by atomic mass is 10.1. The Hall–Kier alpha value is -1.40. The van der Waals surface area contributed by atoms with E-state index in [0.717, 1.165) is 6.54 Å². The van der Waals surface area contributed by atoms with Gasteiger partial charge in [0.05, 0.1) is 12.6 Å². The summed E-state index contributed by atoms with van der Waals surface area (Å²) in [6, 6.07) is 6.93. The van der Waals surface area contributed by atoms with Crippen LogP contribution >= 0.6 is 0 Å². The molecule has 0 amide bonds. The second kappa shape index (κ2) is 5.62. The van der Waals surface area contributed by atoms with Crippen LogP contribution < -0.4 is 0 Å². The molecule has 16 heavy (non-hydrogen) atoms. The van der Waals surface area contributed by atoms with Crippen LogP contribution in [-0.4, -0.2) is 22.5 Å². The molecule has 3 nitrogen and oxygen atoms in total. The molecular weight excluding hydrogens is 198 g/mol. The van der Waals surface area contributed by atoms with Crippen molar-refractivity contribution in [3.05, 3.63) is 30.1 Å². The van der Waals surface area contributed by atoms with E-state index in [1.54, 1.807) is 0 Å². The molecule has 84 valence electrons. The van der Waals surface area contributed by atoms with Crippen LogP contribution in [0, 0.1) is 11.3 Å². The molecule has 0 aliphatic heterocycles. The molecule has 0 saturated heterocycles. The van der Waals surface area contributed by atoms with Gasteiger partial charge in [0, 0.05) is 25.0 Å². The second-order valence-electron chi connectivity index (χ2n) is 4.36.